The van der Waals surface area contributed by atoms with Crippen molar-refractivity contribution in [2.24, 2.45) is 5.92 Å². The molecule has 0 amide bonds. The monoisotopic (exact) mass is 213 g/mol. The number of nitrogens with zero attached hydrogens (tertiary/aromatic N) is 1. The molecule has 1 rings (SSSR count). The number of hydrogen-bond donors (Lipinski definition) is 1. The van der Waals surface area contributed by atoms with Gasteiger partial charge >= 0.3 is 5.97 Å². The molecule has 1 aliphatic heterocycles. The van der Waals surface area contributed by atoms with Crippen LogP contribution in [-0.4, -0.2) is 35.1 Å². The van der Waals surface area contributed by atoms with Gasteiger partial charge in [0.05, 0.1) is 6.42 Å². The standard InChI is InChI=1S/C12H23NO2/c1-3-5-10(2)11-6-4-8-13(11)9-7-12(14)15/h10-11H,3-9H2,1-2H3,(H,14,15). The highest BCUT2D eigenvalue weighted by Crippen LogP contribution is 2.26. The minimum absolute atomic E-state index is 0.287. The van der Waals surface area contributed by atoms with Crippen molar-refractivity contribution in [2.75, 3.05) is 13.1 Å². The van der Waals surface area contributed by atoms with E-state index in [4.69, 9.17) is 5.11 Å². The normalized spacial score (nSPS) is 24.3. The van der Waals surface area contributed by atoms with Gasteiger partial charge in [-0.05, 0) is 31.7 Å². The first-order chi connectivity index (χ1) is 7.15. The van der Waals surface area contributed by atoms with E-state index in [0.717, 1.165) is 13.1 Å². The summed E-state index contributed by atoms with van der Waals surface area (Å²) in [7, 11) is 0. The maximum Gasteiger partial charge on any atom is 0.304 e. The molecule has 1 N–H and O–H groups in total. The lowest BCUT2D eigenvalue weighted by Gasteiger charge is -2.28. The molecule has 1 aliphatic rings. The third kappa shape index (κ3) is 3.82. The Labute approximate surface area is 92.5 Å². The van der Waals surface area contributed by atoms with Crippen molar-refractivity contribution in [3.63, 3.8) is 0 Å². The predicted octanol–water partition coefficient (Wildman–Crippen LogP) is 2.36. The zero-order chi connectivity index (χ0) is 11.3. The van der Waals surface area contributed by atoms with Crippen LogP contribution in [0.15, 0.2) is 0 Å². The third-order valence-corrected chi connectivity index (χ3v) is 3.43. The van der Waals surface area contributed by atoms with Gasteiger partial charge in [0.2, 0.25) is 0 Å². The fourth-order valence-electron chi connectivity index (χ4n) is 2.66. The molecule has 0 radical (unpaired) electrons. The molecule has 1 heterocycles. The van der Waals surface area contributed by atoms with Gasteiger partial charge < -0.3 is 5.11 Å². The number of rotatable bonds is 6. The molecule has 1 fully saturated rings. The summed E-state index contributed by atoms with van der Waals surface area (Å²) in [5.41, 5.74) is 0. The van der Waals surface area contributed by atoms with Crippen molar-refractivity contribution in [1.29, 1.82) is 0 Å². The third-order valence-electron chi connectivity index (χ3n) is 3.43. The number of likely N-dealkylation sites (tertiary alicyclic amines) is 1. The molecule has 3 nitrogen and oxygen atoms in total. The Hall–Kier alpha value is -0.570. The maximum absolute atomic E-state index is 10.5. The topological polar surface area (TPSA) is 40.5 Å². The Balaban J connectivity index is 2.38. The molecule has 0 aliphatic carbocycles. The van der Waals surface area contributed by atoms with E-state index in [1.807, 2.05) is 0 Å². The lowest BCUT2D eigenvalue weighted by atomic mass is 9.95. The summed E-state index contributed by atoms with van der Waals surface area (Å²) in [6, 6.07) is 0.629. The molecule has 1 saturated heterocycles. The van der Waals surface area contributed by atoms with E-state index in [0.29, 0.717) is 12.0 Å². The van der Waals surface area contributed by atoms with Gasteiger partial charge in [0, 0.05) is 12.6 Å². The van der Waals surface area contributed by atoms with E-state index >= 15 is 0 Å². The van der Waals surface area contributed by atoms with Crippen LogP contribution in [0.5, 0.6) is 0 Å². The van der Waals surface area contributed by atoms with Crippen molar-refractivity contribution in [3.05, 3.63) is 0 Å². The summed E-state index contributed by atoms with van der Waals surface area (Å²) in [6.07, 6.45) is 5.26. The van der Waals surface area contributed by atoms with Crippen molar-refractivity contribution in [2.45, 2.75) is 52.0 Å². The lowest BCUT2D eigenvalue weighted by molar-refractivity contribution is -0.137. The zero-order valence-corrected chi connectivity index (χ0v) is 9.91. The fourth-order valence-corrected chi connectivity index (χ4v) is 2.66. The van der Waals surface area contributed by atoms with Crippen molar-refractivity contribution in [3.8, 4) is 0 Å². The fraction of sp³-hybridized carbons (Fsp3) is 0.917. The molecule has 0 bridgehead atoms. The number of aliphatic carboxylic acids is 1. The Kier molecular flexibility index (Phi) is 5.09. The van der Waals surface area contributed by atoms with Gasteiger partial charge in [0.15, 0.2) is 0 Å². The van der Waals surface area contributed by atoms with Crippen LogP contribution >= 0.6 is 0 Å². The quantitative estimate of drug-likeness (QED) is 0.736. The smallest absolute Gasteiger partial charge is 0.304 e. The van der Waals surface area contributed by atoms with Crippen LogP contribution in [0.4, 0.5) is 0 Å². The minimum Gasteiger partial charge on any atom is -0.481 e. The molecule has 0 aromatic carbocycles. The van der Waals surface area contributed by atoms with Gasteiger partial charge in [-0.1, -0.05) is 20.3 Å². The first-order valence-corrected chi connectivity index (χ1v) is 6.11. The van der Waals surface area contributed by atoms with Crippen molar-refractivity contribution >= 4 is 5.97 Å². The maximum atomic E-state index is 10.5. The second-order valence-electron chi connectivity index (χ2n) is 4.66. The second-order valence-corrected chi connectivity index (χ2v) is 4.66. The molecular formula is C12H23NO2. The number of carboxylic acids is 1. The molecule has 88 valence electrons. The summed E-state index contributed by atoms with van der Waals surface area (Å²) in [5.74, 6) is 0.0371. The van der Waals surface area contributed by atoms with E-state index in [2.05, 4.69) is 18.7 Å². The summed E-state index contributed by atoms with van der Waals surface area (Å²) >= 11 is 0. The summed E-state index contributed by atoms with van der Waals surface area (Å²) < 4.78 is 0. The van der Waals surface area contributed by atoms with Crippen LogP contribution in [0.25, 0.3) is 0 Å². The number of carboxylic acid groups (broad SMARTS) is 1. The molecule has 2 unspecified atom stereocenters. The number of hydrogen-bond acceptors (Lipinski definition) is 2. The largest absolute Gasteiger partial charge is 0.481 e. The Morgan fingerprint density at radius 1 is 1.60 bits per heavy atom. The molecule has 0 aromatic heterocycles. The van der Waals surface area contributed by atoms with E-state index in [9.17, 15) is 4.79 Å². The Morgan fingerprint density at radius 3 is 2.93 bits per heavy atom. The lowest BCUT2D eigenvalue weighted by Crippen LogP contribution is -2.35. The summed E-state index contributed by atoms with van der Waals surface area (Å²) in [5, 5.41) is 8.68. The van der Waals surface area contributed by atoms with Crippen LogP contribution in [-0.2, 0) is 4.79 Å². The highest BCUT2D eigenvalue weighted by molar-refractivity contribution is 5.66. The summed E-state index contributed by atoms with van der Waals surface area (Å²) in [4.78, 5) is 12.9. The van der Waals surface area contributed by atoms with Crippen LogP contribution in [0, 0.1) is 5.92 Å². The van der Waals surface area contributed by atoms with Gasteiger partial charge in [-0.25, -0.2) is 0 Å². The molecule has 0 saturated carbocycles. The molecule has 2 atom stereocenters. The van der Waals surface area contributed by atoms with Crippen LogP contribution in [0.3, 0.4) is 0 Å². The molecule has 0 aromatic rings. The average molecular weight is 213 g/mol. The van der Waals surface area contributed by atoms with Crippen molar-refractivity contribution < 1.29 is 9.90 Å². The highest BCUT2D eigenvalue weighted by atomic mass is 16.4. The van der Waals surface area contributed by atoms with Gasteiger partial charge in [-0.15, -0.1) is 0 Å². The zero-order valence-electron chi connectivity index (χ0n) is 9.91. The molecule has 15 heavy (non-hydrogen) atoms. The molecule has 3 heteroatoms. The first-order valence-electron chi connectivity index (χ1n) is 6.11. The van der Waals surface area contributed by atoms with E-state index in [-0.39, 0.29) is 6.42 Å². The minimum atomic E-state index is -0.677. The van der Waals surface area contributed by atoms with Gasteiger partial charge in [0.25, 0.3) is 0 Å². The highest BCUT2D eigenvalue weighted by Gasteiger charge is 2.28. The Morgan fingerprint density at radius 2 is 2.33 bits per heavy atom. The van der Waals surface area contributed by atoms with Crippen LogP contribution in [0.2, 0.25) is 0 Å². The second kappa shape index (κ2) is 6.11. The van der Waals surface area contributed by atoms with Crippen LogP contribution in [0.1, 0.15) is 46.0 Å². The van der Waals surface area contributed by atoms with Crippen LogP contribution < -0.4 is 0 Å². The van der Waals surface area contributed by atoms with Gasteiger partial charge in [-0.2, -0.15) is 0 Å². The van der Waals surface area contributed by atoms with Crippen molar-refractivity contribution in [1.82, 2.24) is 4.90 Å². The number of carbonyl (C=O) groups is 1. The SMILES string of the molecule is CCCC(C)C1CCCN1CCC(=O)O. The van der Waals surface area contributed by atoms with Gasteiger partial charge in [0.1, 0.15) is 0 Å². The summed E-state index contributed by atoms with van der Waals surface area (Å²) in [6.45, 7) is 6.33. The average Bonchev–Trinajstić information content (AvgIpc) is 2.62. The van der Waals surface area contributed by atoms with E-state index in [1.165, 1.54) is 25.7 Å². The first kappa shape index (κ1) is 12.5. The van der Waals surface area contributed by atoms with E-state index < -0.39 is 5.97 Å². The van der Waals surface area contributed by atoms with E-state index in [1.54, 1.807) is 0 Å². The molecular weight excluding hydrogens is 190 g/mol. The Bertz CT molecular complexity index is 206. The van der Waals surface area contributed by atoms with Gasteiger partial charge in [-0.3, -0.25) is 9.69 Å². The predicted molar refractivity (Wildman–Crippen MR) is 60.9 cm³/mol. The molecule has 0 spiro atoms.